The number of nitrogens with one attached hydrogen (secondary N) is 1. The quantitative estimate of drug-likeness (QED) is 0.575. The predicted molar refractivity (Wildman–Crippen MR) is 79.1 cm³/mol. The number of hydrogen-bond acceptors (Lipinski definition) is 8. The van der Waals surface area contributed by atoms with Crippen molar-refractivity contribution in [2.75, 3.05) is 43.6 Å². The van der Waals surface area contributed by atoms with Crippen molar-refractivity contribution in [2.24, 2.45) is 5.84 Å². The Bertz CT molecular complexity index is 582. The molecule has 112 valence electrons. The number of nitrogens with zero attached hydrogens (tertiary/aromatic N) is 7. The lowest BCUT2D eigenvalue weighted by atomic mass is 10.4. The number of anilines is 2. The lowest BCUT2D eigenvalue weighted by Gasteiger charge is -2.21. The van der Waals surface area contributed by atoms with Crippen LogP contribution in [-0.4, -0.2) is 62.9 Å². The fourth-order valence-corrected chi connectivity index (χ4v) is 2.30. The molecule has 3 N–H and O–H groups in total. The fourth-order valence-electron chi connectivity index (χ4n) is 2.30. The zero-order chi connectivity index (χ0) is 14.7. The van der Waals surface area contributed by atoms with Crippen molar-refractivity contribution >= 4 is 11.9 Å². The molecule has 0 saturated carbocycles. The van der Waals surface area contributed by atoms with Crippen LogP contribution in [0, 0.1) is 0 Å². The van der Waals surface area contributed by atoms with Crippen molar-refractivity contribution in [3.05, 3.63) is 18.5 Å². The van der Waals surface area contributed by atoms with Gasteiger partial charge in [0.05, 0.1) is 0 Å². The van der Waals surface area contributed by atoms with E-state index in [1.165, 1.54) is 0 Å². The lowest BCUT2D eigenvalue weighted by Crippen LogP contribution is -2.31. The van der Waals surface area contributed by atoms with Crippen molar-refractivity contribution < 1.29 is 0 Å². The smallest absolute Gasteiger partial charge is 0.257 e. The van der Waals surface area contributed by atoms with Crippen LogP contribution in [0.1, 0.15) is 6.42 Å². The SMILES string of the molecule is CN1CCCN(c2nc(NN)nc(-n3cccn3)n2)CC1. The van der Waals surface area contributed by atoms with Gasteiger partial charge in [0.2, 0.25) is 11.9 Å². The van der Waals surface area contributed by atoms with Gasteiger partial charge in [0, 0.05) is 32.0 Å². The van der Waals surface area contributed by atoms with Gasteiger partial charge < -0.3 is 9.80 Å². The summed E-state index contributed by atoms with van der Waals surface area (Å²) in [5, 5.41) is 4.15. The van der Waals surface area contributed by atoms with E-state index in [0.717, 1.165) is 32.6 Å². The minimum Gasteiger partial charge on any atom is -0.339 e. The van der Waals surface area contributed by atoms with Gasteiger partial charge in [-0.2, -0.15) is 20.1 Å². The monoisotopic (exact) mass is 289 g/mol. The maximum Gasteiger partial charge on any atom is 0.257 e. The van der Waals surface area contributed by atoms with Gasteiger partial charge in [-0.15, -0.1) is 0 Å². The molecule has 0 atom stereocenters. The summed E-state index contributed by atoms with van der Waals surface area (Å²) in [5.74, 6) is 6.88. The zero-order valence-corrected chi connectivity index (χ0v) is 12.0. The molecule has 21 heavy (non-hydrogen) atoms. The molecule has 3 rings (SSSR count). The first kappa shape index (κ1) is 13.7. The van der Waals surface area contributed by atoms with E-state index < -0.39 is 0 Å². The molecule has 1 fully saturated rings. The lowest BCUT2D eigenvalue weighted by molar-refractivity contribution is 0.360. The summed E-state index contributed by atoms with van der Waals surface area (Å²) in [4.78, 5) is 17.6. The van der Waals surface area contributed by atoms with Gasteiger partial charge in [-0.25, -0.2) is 10.5 Å². The number of hydrazine groups is 1. The van der Waals surface area contributed by atoms with E-state index in [1.54, 1.807) is 17.1 Å². The number of rotatable bonds is 3. The molecule has 0 bridgehead atoms. The third-order valence-corrected chi connectivity index (χ3v) is 3.45. The first-order valence-corrected chi connectivity index (χ1v) is 6.92. The molecule has 1 saturated heterocycles. The molecule has 1 aliphatic rings. The third-order valence-electron chi connectivity index (χ3n) is 3.45. The molecule has 0 radical (unpaired) electrons. The van der Waals surface area contributed by atoms with Gasteiger partial charge in [0.25, 0.3) is 5.95 Å². The Kier molecular flexibility index (Phi) is 3.93. The highest BCUT2D eigenvalue weighted by atomic mass is 15.4. The summed E-state index contributed by atoms with van der Waals surface area (Å²) in [6, 6.07) is 1.82. The molecule has 9 heteroatoms. The molecule has 2 aromatic heterocycles. The van der Waals surface area contributed by atoms with Gasteiger partial charge in [0.1, 0.15) is 0 Å². The zero-order valence-electron chi connectivity index (χ0n) is 12.0. The summed E-state index contributed by atoms with van der Waals surface area (Å²) < 4.78 is 1.59. The molecule has 0 spiro atoms. The highest BCUT2D eigenvalue weighted by Gasteiger charge is 2.17. The minimum atomic E-state index is 0.336. The van der Waals surface area contributed by atoms with Crippen molar-refractivity contribution in [3.63, 3.8) is 0 Å². The van der Waals surface area contributed by atoms with Crippen LogP contribution in [0.5, 0.6) is 0 Å². The fraction of sp³-hybridized carbons (Fsp3) is 0.500. The van der Waals surface area contributed by atoms with E-state index in [0.29, 0.717) is 17.8 Å². The highest BCUT2D eigenvalue weighted by molar-refractivity contribution is 5.39. The van der Waals surface area contributed by atoms with Gasteiger partial charge in [0.15, 0.2) is 0 Å². The number of aromatic nitrogens is 5. The van der Waals surface area contributed by atoms with Crippen LogP contribution in [0.3, 0.4) is 0 Å². The normalized spacial score (nSPS) is 16.8. The summed E-state index contributed by atoms with van der Waals surface area (Å²) in [6.07, 6.45) is 4.54. The second-order valence-electron chi connectivity index (χ2n) is 5.00. The molecular formula is C12H19N9. The maximum absolute atomic E-state index is 5.46. The molecule has 3 heterocycles. The average Bonchev–Trinajstić information content (AvgIpc) is 2.96. The van der Waals surface area contributed by atoms with E-state index in [2.05, 4.69) is 42.3 Å². The van der Waals surface area contributed by atoms with Crippen LogP contribution in [0.4, 0.5) is 11.9 Å². The van der Waals surface area contributed by atoms with Crippen LogP contribution in [-0.2, 0) is 0 Å². The van der Waals surface area contributed by atoms with Gasteiger partial charge >= 0.3 is 0 Å². The first-order valence-electron chi connectivity index (χ1n) is 6.92. The number of likely N-dealkylation sites (N-methyl/N-ethyl adjacent to an activating group) is 1. The van der Waals surface area contributed by atoms with E-state index in [1.807, 2.05) is 6.07 Å². The largest absolute Gasteiger partial charge is 0.339 e. The Labute approximate surface area is 122 Å². The molecule has 9 nitrogen and oxygen atoms in total. The first-order chi connectivity index (χ1) is 10.3. The van der Waals surface area contributed by atoms with E-state index in [-0.39, 0.29) is 0 Å². The minimum absolute atomic E-state index is 0.336. The molecule has 0 aliphatic carbocycles. The topological polar surface area (TPSA) is 101 Å². The van der Waals surface area contributed by atoms with E-state index in [9.17, 15) is 0 Å². The van der Waals surface area contributed by atoms with E-state index >= 15 is 0 Å². The molecule has 0 unspecified atom stereocenters. The van der Waals surface area contributed by atoms with Gasteiger partial charge in [-0.3, -0.25) is 5.43 Å². The third kappa shape index (κ3) is 3.09. The van der Waals surface area contributed by atoms with Crippen LogP contribution in [0.2, 0.25) is 0 Å². The Morgan fingerprint density at radius 2 is 1.95 bits per heavy atom. The Hall–Kier alpha value is -2.26. The Balaban J connectivity index is 1.92. The molecule has 0 aromatic carbocycles. The predicted octanol–water partition coefficient (Wildman–Crippen LogP) is -0.515. The summed E-state index contributed by atoms with van der Waals surface area (Å²) in [6.45, 7) is 3.85. The second-order valence-corrected chi connectivity index (χ2v) is 5.00. The maximum atomic E-state index is 5.46. The van der Waals surface area contributed by atoms with Crippen molar-refractivity contribution in [1.82, 2.24) is 29.6 Å². The summed E-state index contributed by atoms with van der Waals surface area (Å²) in [5.41, 5.74) is 2.49. The number of hydrogen-bond donors (Lipinski definition) is 2. The molecular weight excluding hydrogens is 270 g/mol. The van der Waals surface area contributed by atoms with Crippen molar-refractivity contribution in [3.8, 4) is 5.95 Å². The van der Waals surface area contributed by atoms with Gasteiger partial charge in [-0.1, -0.05) is 0 Å². The van der Waals surface area contributed by atoms with Crippen molar-refractivity contribution in [1.29, 1.82) is 0 Å². The van der Waals surface area contributed by atoms with E-state index in [4.69, 9.17) is 5.84 Å². The van der Waals surface area contributed by atoms with Crippen LogP contribution >= 0.6 is 0 Å². The number of nitrogen functional groups attached to an aromatic ring is 1. The second kappa shape index (κ2) is 6.02. The summed E-state index contributed by atoms with van der Waals surface area (Å²) in [7, 11) is 2.12. The Morgan fingerprint density at radius 1 is 1.10 bits per heavy atom. The number of nitrogens with two attached hydrogens (primary N) is 1. The average molecular weight is 289 g/mol. The Morgan fingerprint density at radius 3 is 2.71 bits per heavy atom. The molecule has 2 aromatic rings. The van der Waals surface area contributed by atoms with Crippen LogP contribution in [0.25, 0.3) is 5.95 Å². The molecule has 0 amide bonds. The van der Waals surface area contributed by atoms with Gasteiger partial charge in [-0.05, 0) is 26.1 Å². The standard InChI is InChI=1S/C12H19N9/c1-19-5-3-6-20(9-8-19)11-15-10(18-13)16-12(17-11)21-7-2-4-14-21/h2,4,7H,3,5-6,8-9,13H2,1H3,(H,15,16,17,18). The van der Waals surface area contributed by atoms with Crippen LogP contribution < -0.4 is 16.2 Å². The molecule has 1 aliphatic heterocycles. The summed E-state index contributed by atoms with van der Waals surface area (Å²) >= 11 is 0. The van der Waals surface area contributed by atoms with Crippen molar-refractivity contribution in [2.45, 2.75) is 6.42 Å². The highest BCUT2D eigenvalue weighted by Crippen LogP contribution is 2.14. The van der Waals surface area contributed by atoms with Crippen LogP contribution in [0.15, 0.2) is 18.5 Å².